The predicted octanol–water partition coefficient (Wildman–Crippen LogP) is -0.339. The lowest BCUT2D eigenvalue weighted by atomic mass is 10.2. The molecule has 1 aromatic carbocycles. The molecule has 0 fully saturated rings. The molecule has 0 aliphatic carbocycles. The maximum Gasteiger partial charge on any atom is 0.337 e. The molecule has 25 heavy (non-hydrogen) atoms. The van der Waals surface area contributed by atoms with E-state index in [2.05, 4.69) is 10.1 Å². The molecule has 4 N–H and O–H groups in total. The Labute approximate surface area is 149 Å². The molecule has 0 atom stereocenters. The highest BCUT2D eigenvalue weighted by molar-refractivity contribution is 7.89. The van der Waals surface area contributed by atoms with Gasteiger partial charge in [0.2, 0.25) is 10.0 Å². The van der Waals surface area contributed by atoms with Gasteiger partial charge in [-0.05, 0) is 18.2 Å². The van der Waals surface area contributed by atoms with Crippen LogP contribution in [0, 0.1) is 0 Å². The first-order valence-corrected chi connectivity index (χ1v) is 8.92. The van der Waals surface area contributed by atoms with Crippen LogP contribution >= 0.6 is 11.6 Å². The maximum absolute atomic E-state index is 12.4. The van der Waals surface area contributed by atoms with E-state index in [-0.39, 0.29) is 46.6 Å². The molecule has 0 spiro atoms. The molecule has 0 unspecified atom stereocenters. The van der Waals surface area contributed by atoms with Gasteiger partial charge >= 0.3 is 5.97 Å². The van der Waals surface area contributed by atoms with Crippen molar-refractivity contribution in [3.05, 3.63) is 34.5 Å². The third-order valence-corrected chi connectivity index (χ3v) is 4.72. The van der Waals surface area contributed by atoms with Crippen LogP contribution in [0.2, 0.25) is 5.02 Å². The van der Waals surface area contributed by atoms with E-state index in [1.165, 1.54) is 24.1 Å². The number of carbonyl (C=O) groups excluding carboxylic acids is 2. The number of primary sulfonamides is 1. The van der Waals surface area contributed by atoms with Crippen molar-refractivity contribution in [2.75, 3.05) is 32.1 Å². The first-order chi connectivity index (χ1) is 11.7. The number of sulfonamides is 1. The maximum atomic E-state index is 12.4. The van der Waals surface area contributed by atoms with Crippen molar-refractivity contribution in [3.8, 4) is 0 Å². The molecule has 1 aliphatic rings. The van der Waals surface area contributed by atoms with E-state index in [4.69, 9.17) is 21.8 Å². The lowest BCUT2D eigenvalue weighted by Crippen LogP contribution is -2.31. The van der Waals surface area contributed by atoms with E-state index in [0.29, 0.717) is 0 Å². The monoisotopic (exact) mass is 389 g/mol. The summed E-state index contributed by atoms with van der Waals surface area (Å²) in [6, 6.07) is 3.67. The van der Waals surface area contributed by atoms with Crippen LogP contribution in [0.3, 0.4) is 0 Å². The summed E-state index contributed by atoms with van der Waals surface area (Å²) in [5.41, 5.74) is 0.0237. The smallest absolute Gasteiger partial charge is 0.337 e. The SMILES string of the molecule is COC(=O)C1=C(Nc2cc(S(N)(=O)=O)ccc2Cl)C(=O)N(CCO)C1. The normalized spacial score (nSPS) is 14.9. The van der Waals surface area contributed by atoms with Crippen molar-refractivity contribution in [1.29, 1.82) is 0 Å². The van der Waals surface area contributed by atoms with Crippen molar-refractivity contribution >= 4 is 39.2 Å². The van der Waals surface area contributed by atoms with Gasteiger partial charge in [0, 0.05) is 6.54 Å². The van der Waals surface area contributed by atoms with Crippen molar-refractivity contribution in [2.45, 2.75) is 4.90 Å². The van der Waals surface area contributed by atoms with Crippen molar-refractivity contribution in [3.63, 3.8) is 0 Å². The summed E-state index contributed by atoms with van der Waals surface area (Å²) in [6.45, 7) is -0.314. The number of esters is 1. The highest BCUT2D eigenvalue weighted by Gasteiger charge is 2.34. The van der Waals surface area contributed by atoms with Gasteiger partial charge in [-0.15, -0.1) is 0 Å². The summed E-state index contributed by atoms with van der Waals surface area (Å²) >= 11 is 6.03. The van der Waals surface area contributed by atoms with E-state index >= 15 is 0 Å². The molecule has 0 bridgehead atoms. The summed E-state index contributed by atoms with van der Waals surface area (Å²) in [4.78, 5) is 25.4. The fourth-order valence-corrected chi connectivity index (χ4v) is 2.97. The molecule has 1 aromatic rings. The molecule has 1 heterocycles. The number of carbonyl (C=O) groups is 2. The Morgan fingerprint density at radius 2 is 2.16 bits per heavy atom. The Hall–Kier alpha value is -2.14. The molecule has 1 amide bonds. The zero-order valence-corrected chi connectivity index (χ0v) is 14.7. The number of halogens is 1. The van der Waals surface area contributed by atoms with Gasteiger partial charge in [0.05, 0.1) is 41.4 Å². The largest absolute Gasteiger partial charge is 0.466 e. The van der Waals surface area contributed by atoms with Gasteiger partial charge in [-0.2, -0.15) is 0 Å². The number of ether oxygens (including phenoxy) is 1. The van der Waals surface area contributed by atoms with Crippen LogP contribution in [0.25, 0.3) is 0 Å². The first kappa shape index (κ1) is 19.2. The molecule has 0 aromatic heterocycles. The van der Waals surface area contributed by atoms with E-state index in [1.54, 1.807) is 0 Å². The van der Waals surface area contributed by atoms with Crippen molar-refractivity contribution in [2.24, 2.45) is 5.14 Å². The summed E-state index contributed by atoms with van der Waals surface area (Å²) in [5.74, 6) is -1.28. The van der Waals surface area contributed by atoms with Crippen LogP contribution < -0.4 is 10.5 Å². The predicted molar refractivity (Wildman–Crippen MR) is 89.2 cm³/mol. The number of β-amino-alcohol motifs (C(OH)–C–C–N with tert-alkyl or cyclic N) is 1. The van der Waals surface area contributed by atoms with Crippen LogP contribution in [-0.4, -0.2) is 57.1 Å². The number of hydrogen-bond donors (Lipinski definition) is 3. The fraction of sp³-hybridized carbons (Fsp3) is 0.286. The number of aliphatic hydroxyl groups is 1. The second-order valence-corrected chi connectivity index (χ2v) is 7.08. The number of rotatable bonds is 6. The summed E-state index contributed by atoms with van der Waals surface area (Å²) in [7, 11) is -2.81. The molecule has 0 saturated carbocycles. The third kappa shape index (κ3) is 4.10. The Bertz CT molecular complexity index is 852. The minimum atomic E-state index is -3.98. The van der Waals surface area contributed by atoms with Gasteiger partial charge in [-0.1, -0.05) is 11.6 Å². The molecule has 136 valence electrons. The number of amides is 1. The Balaban J connectivity index is 2.45. The highest BCUT2D eigenvalue weighted by Crippen LogP contribution is 2.29. The zero-order valence-electron chi connectivity index (χ0n) is 13.2. The standard InChI is InChI=1S/C14H16ClN3O6S/c1-24-14(21)9-7-18(4-5-19)13(20)12(9)17-11-6-8(25(16,22)23)2-3-10(11)15/h2-3,6,17,19H,4-5,7H2,1H3,(H2,16,22,23). The minimum Gasteiger partial charge on any atom is -0.466 e. The summed E-state index contributed by atoms with van der Waals surface area (Å²) in [6.07, 6.45) is 0. The van der Waals surface area contributed by atoms with Crippen molar-refractivity contribution in [1.82, 2.24) is 4.90 Å². The van der Waals surface area contributed by atoms with Gasteiger partial charge in [0.1, 0.15) is 5.70 Å². The molecule has 0 radical (unpaired) electrons. The molecule has 9 nitrogen and oxygen atoms in total. The van der Waals surface area contributed by atoms with Crippen LogP contribution in [0.15, 0.2) is 34.4 Å². The molecule has 2 rings (SSSR count). The average molecular weight is 390 g/mol. The van der Waals surface area contributed by atoms with Crippen LogP contribution in [-0.2, 0) is 24.3 Å². The van der Waals surface area contributed by atoms with E-state index in [9.17, 15) is 18.0 Å². The van der Waals surface area contributed by atoms with Gasteiger partial charge in [-0.25, -0.2) is 18.4 Å². The zero-order chi connectivity index (χ0) is 18.8. The molecule has 11 heteroatoms. The Morgan fingerprint density at radius 3 is 2.72 bits per heavy atom. The number of nitrogens with two attached hydrogens (primary N) is 1. The first-order valence-electron chi connectivity index (χ1n) is 7.00. The van der Waals surface area contributed by atoms with Crippen molar-refractivity contribution < 1.29 is 27.9 Å². The lowest BCUT2D eigenvalue weighted by molar-refractivity contribution is -0.136. The molecular weight excluding hydrogens is 374 g/mol. The van der Waals surface area contributed by atoms with E-state index in [1.807, 2.05) is 0 Å². The minimum absolute atomic E-state index is 0.0233. The number of aliphatic hydroxyl groups excluding tert-OH is 1. The molecular formula is C14H16ClN3O6S. The number of nitrogens with zero attached hydrogens (tertiary/aromatic N) is 1. The van der Waals surface area contributed by atoms with Crippen LogP contribution in [0.1, 0.15) is 0 Å². The number of benzene rings is 1. The summed E-state index contributed by atoms with van der Waals surface area (Å²) in [5, 5.41) is 16.9. The fourth-order valence-electron chi connectivity index (χ4n) is 2.26. The van der Waals surface area contributed by atoms with Gasteiger partial charge in [-0.3, -0.25) is 4.79 Å². The number of hydrogen-bond acceptors (Lipinski definition) is 7. The highest BCUT2D eigenvalue weighted by atomic mass is 35.5. The number of methoxy groups -OCH3 is 1. The van der Waals surface area contributed by atoms with Gasteiger partial charge in [0.15, 0.2) is 0 Å². The second-order valence-electron chi connectivity index (χ2n) is 5.11. The van der Waals surface area contributed by atoms with Crippen LogP contribution in [0.5, 0.6) is 0 Å². The Kier molecular flexibility index (Phi) is 5.68. The van der Waals surface area contributed by atoms with Crippen LogP contribution in [0.4, 0.5) is 5.69 Å². The number of nitrogens with one attached hydrogen (secondary N) is 1. The molecule has 1 aliphatic heterocycles. The third-order valence-electron chi connectivity index (χ3n) is 3.48. The average Bonchev–Trinajstić information content (AvgIpc) is 2.85. The quantitative estimate of drug-likeness (QED) is 0.565. The van der Waals surface area contributed by atoms with E-state index < -0.39 is 21.9 Å². The second kappa shape index (κ2) is 7.40. The molecule has 0 saturated heterocycles. The van der Waals surface area contributed by atoms with E-state index in [0.717, 1.165) is 6.07 Å². The lowest BCUT2D eigenvalue weighted by Gasteiger charge is -2.15. The summed E-state index contributed by atoms with van der Waals surface area (Å²) < 4.78 is 27.6. The topological polar surface area (TPSA) is 139 Å². The van der Waals surface area contributed by atoms with Gasteiger partial charge in [0.25, 0.3) is 5.91 Å². The number of anilines is 1. The van der Waals surface area contributed by atoms with Gasteiger partial charge < -0.3 is 20.1 Å². The Morgan fingerprint density at radius 1 is 1.48 bits per heavy atom.